The van der Waals surface area contributed by atoms with Gasteiger partial charge in [0.1, 0.15) is 5.75 Å². The summed E-state index contributed by atoms with van der Waals surface area (Å²) in [7, 11) is 1.63. The maximum Gasteiger partial charge on any atom is 0.315 e. The minimum absolute atomic E-state index is 0.140. The lowest BCUT2D eigenvalue weighted by Crippen LogP contribution is -2.36. The van der Waals surface area contributed by atoms with Crippen molar-refractivity contribution in [3.63, 3.8) is 0 Å². The van der Waals surface area contributed by atoms with Crippen LogP contribution in [0.3, 0.4) is 0 Å². The summed E-state index contributed by atoms with van der Waals surface area (Å²) >= 11 is 0. The molecule has 5 nitrogen and oxygen atoms in total. The molecule has 0 saturated carbocycles. The average molecular weight is 278 g/mol. The summed E-state index contributed by atoms with van der Waals surface area (Å²) in [5.41, 5.74) is 1.04. The Morgan fingerprint density at radius 3 is 2.80 bits per heavy atom. The van der Waals surface area contributed by atoms with E-state index in [-0.39, 0.29) is 6.03 Å². The van der Waals surface area contributed by atoms with Gasteiger partial charge in [-0.2, -0.15) is 0 Å². The molecule has 110 valence electrons. The van der Waals surface area contributed by atoms with Crippen molar-refractivity contribution in [1.29, 1.82) is 0 Å². The number of rotatable bonds is 6. The van der Waals surface area contributed by atoms with Gasteiger partial charge in [0.15, 0.2) is 0 Å². The van der Waals surface area contributed by atoms with E-state index in [1.807, 2.05) is 24.3 Å². The van der Waals surface area contributed by atoms with Crippen molar-refractivity contribution >= 4 is 6.03 Å². The molecule has 1 aliphatic heterocycles. The van der Waals surface area contributed by atoms with Crippen LogP contribution in [0.2, 0.25) is 0 Å². The minimum atomic E-state index is -0.140. The fraction of sp³-hybridized carbons (Fsp3) is 0.533. The van der Waals surface area contributed by atoms with Crippen molar-refractivity contribution in [1.82, 2.24) is 10.6 Å². The molecular weight excluding hydrogens is 256 g/mol. The summed E-state index contributed by atoms with van der Waals surface area (Å²) in [6.45, 7) is 2.02. The Balaban J connectivity index is 1.61. The highest BCUT2D eigenvalue weighted by Crippen LogP contribution is 2.14. The minimum Gasteiger partial charge on any atom is -0.497 e. The SMILES string of the molecule is COc1ccc(CNC(=O)NCCC2CCCO2)cc1. The monoisotopic (exact) mass is 278 g/mol. The van der Waals surface area contributed by atoms with Gasteiger partial charge in [-0.15, -0.1) is 0 Å². The molecule has 1 fully saturated rings. The molecular formula is C15H22N2O3. The van der Waals surface area contributed by atoms with E-state index in [0.717, 1.165) is 37.2 Å². The molecule has 1 unspecified atom stereocenters. The zero-order valence-electron chi connectivity index (χ0n) is 11.9. The van der Waals surface area contributed by atoms with E-state index in [2.05, 4.69) is 10.6 Å². The van der Waals surface area contributed by atoms with E-state index in [9.17, 15) is 4.79 Å². The molecule has 1 aliphatic rings. The topological polar surface area (TPSA) is 59.6 Å². The van der Waals surface area contributed by atoms with E-state index < -0.39 is 0 Å². The van der Waals surface area contributed by atoms with Crippen LogP contribution >= 0.6 is 0 Å². The number of carbonyl (C=O) groups excluding carboxylic acids is 1. The molecule has 1 aromatic carbocycles. The molecule has 0 spiro atoms. The summed E-state index contributed by atoms with van der Waals surface area (Å²) in [6, 6.07) is 7.49. The van der Waals surface area contributed by atoms with Gasteiger partial charge in [-0.3, -0.25) is 0 Å². The van der Waals surface area contributed by atoms with Gasteiger partial charge < -0.3 is 20.1 Å². The first-order chi connectivity index (χ1) is 9.78. The summed E-state index contributed by atoms with van der Waals surface area (Å²) in [5, 5.41) is 5.68. The lowest BCUT2D eigenvalue weighted by Gasteiger charge is -2.11. The zero-order chi connectivity index (χ0) is 14.2. The zero-order valence-corrected chi connectivity index (χ0v) is 11.9. The molecule has 1 saturated heterocycles. The van der Waals surface area contributed by atoms with Crippen LogP contribution in [0.25, 0.3) is 0 Å². The molecule has 0 aromatic heterocycles. The lowest BCUT2D eigenvalue weighted by atomic mass is 10.2. The van der Waals surface area contributed by atoms with Crippen molar-refractivity contribution in [2.24, 2.45) is 0 Å². The van der Waals surface area contributed by atoms with Gasteiger partial charge in [-0.05, 0) is 37.0 Å². The normalized spacial score (nSPS) is 17.8. The molecule has 1 heterocycles. The van der Waals surface area contributed by atoms with Crippen LogP contribution in [-0.4, -0.2) is 32.4 Å². The van der Waals surface area contributed by atoms with Crippen LogP contribution in [0.5, 0.6) is 5.75 Å². The first-order valence-electron chi connectivity index (χ1n) is 7.04. The van der Waals surface area contributed by atoms with Crippen LogP contribution in [0.4, 0.5) is 4.79 Å². The summed E-state index contributed by atoms with van der Waals surface area (Å²) in [5.74, 6) is 0.815. The number of nitrogens with one attached hydrogen (secondary N) is 2. The molecule has 0 aliphatic carbocycles. The molecule has 0 radical (unpaired) electrons. The van der Waals surface area contributed by atoms with E-state index in [1.54, 1.807) is 7.11 Å². The Kier molecular flexibility index (Phi) is 5.68. The van der Waals surface area contributed by atoms with Gasteiger partial charge in [0, 0.05) is 19.7 Å². The van der Waals surface area contributed by atoms with Gasteiger partial charge in [0.25, 0.3) is 0 Å². The van der Waals surface area contributed by atoms with Crippen molar-refractivity contribution in [2.45, 2.75) is 31.9 Å². The van der Waals surface area contributed by atoms with Crippen LogP contribution in [0, 0.1) is 0 Å². The Morgan fingerprint density at radius 1 is 1.35 bits per heavy atom. The second-order valence-electron chi connectivity index (χ2n) is 4.88. The summed E-state index contributed by atoms with van der Waals surface area (Å²) < 4.78 is 10.6. The van der Waals surface area contributed by atoms with E-state index in [4.69, 9.17) is 9.47 Å². The molecule has 1 atom stereocenters. The first kappa shape index (κ1) is 14.7. The molecule has 0 bridgehead atoms. The lowest BCUT2D eigenvalue weighted by molar-refractivity contribution is 0.104. The Morgan fingerprint density at radius 2 is 2.15 bits per heavy atom. The summed E-state index contributed by atoms with van der Waals surface area (Å²) in [6.07, 6.45) is 3.44. The largest absolute Gasteiger partial charge is 0.497 e. The number of ether oxygens (including phenoxy) is 2. The van der Waals surface area contributed by atoms with Gasteiger partial charge in [0.2, 0.25) is 0 Å². The standard InChI is InChI=1S/C15H22N2O3/c1-19-13-6-4-12(5-7-13)11-17-15(18)16-9-8-14-3-2-10-20-14/h4-7,14H,2-3,8-11H2,1H3,(H2,16,17,18). The van der Waals surface area contributed by atoms with Gasteiger partial charge in [-0.1, -0.05) is 12.1 Å². The Labute approximate surface area is 119 Å². The van der Waals surface area contributed by atoms with E-state index >= 15 is 0 Å². The van der Waals surface area contributed by atoms with Crippen molar-refractivity contribution < 1.29 is 14.3 Å². The molecule has 2 amide bonds. The number of hydrogen-bond acceptors (Lipinski definition) is 3. The predicted molar refractivity (Wildman–Crippen MR) is 76.8 cm³/mol. The highest BCUT2D eigenvalue weighted by molar-refractivity contribution is 5.73. The fourth-order valence-electron chi connectivity index (χ4n) is 2.21. The van der Waals surface area contributed by atoms with Crippen LogP contribution in [-0.2, 0) is 11.3 Å². The van der Waals surface area contributed by atoms with Gasteiger partial charge >= 0.3 is 6.03 Å². The van der Waals surface area contributed by atoms with Crippen molar-refractivity contribution in [3.8, 4) is 5.75 Å². The number of hydrogen-bond donors (Lipinski definition) is 2. The van der Waals surface area contributed by atoms with Gasteiger partial charge in [0.05, 0.1) is 13.2 Å². The third-order valence-electron chi connectivity index (χ3n) is 3.39. The third-order valence-corrected chi connectivity index (χ3v) is 3.39. The highest BCUT2D eigenvalue weighted by Gasteiger charge is 2.14. The van der Waals surface area contributed by atoms with E-state index in [1.165, 1.54) is 0 Å². The van der Waals surface area contributed by atoms with Crippen molar-refractivity contribution in [2.75, 3.05) is 20.3 Å². The Hall–Kier alpha value is -1.75. The van der Waals surface area contributed by atoms with Crippen LogP contribution in [0.1, 0.15) is 24.8 Å². The number of carbonyl (C=O) groups is 1. The second kappa shape index (κ2) is 7.75. The van der Waals surface area contributed by atoms with Gasteiger partial charge in [-0.25, -0.2) is 4.79 Å². The third kappa shape index (κ3) is 4.74. The molecule has 20 heavy (non-hydrogen) atoms. The van der Waals surface area contributed by atoms with E-state index in [0.29, 0.717) is 19.2 Å². The van der Waals surface area contributed by atoms with Crippen molar-refractivity contribution in [3.05, 3.63) is 29.8 Å². The fourth-order valence-corrected chi connectivity index (χ4v) is 2.21. The summed E-state index contributed by atoms with van der Waals surface area (Å²) in [4.78, 5) is 11.6. The first-order valence-corrected chi connectivity index (χ1v) is 7.04. The van der Waals surface area contributed by atoms with Crippen LogP contribution < -0.4 is 15.4 Å². The number of methoxy groups -OCH3 is 1. The highest BCUT2D eigenvalue weighted by atomic mass is 16.5. The maximum absolute atomic E-state index is 11.6. The smallest absolute Gasteiger partial charge is 0.315 e. The quantitative estimate of drug-likeness (QED) is 0.837. The maximum atomic E-state index is 11.6. The van der Waals surface area contributed by atoms with Crippen LogP contribution in [0.15, 0.2) is 24.3 Å². The molecule has 2 N–H and O–H groups in total. The average Bonchev–Trinajstić information content (AvgIpc) is 2.99. The molecule has 2 rings (SSSR count). The molecule has 1 aromatic rings. The second-order valence-corrected chi connectivity index (χ2v) is 4.88. The predicted octanol–water partition coefficient (Wildman–Crippen LogP) is 2.06. The number of benzene rings is 1. The molecule has 5 heteroatoms. The number of urea groups is 1. The Bertz CT molecular complexity index is 414. The number of amides is 2.